The van der Waals surface area contributed by atoms with Crippen LogP contribution in [0.1, 0.15) is 19.8 Å². The number of pyridine rings is 1. The molecule has 1 atom stereocenters. The highest BCUT2D eigenvalue weighted by Crippen LogP contribution is 2.30. The van der Waals surface area contributed by atoms with E-state index in [2.05, 4.69) is 4.98 Å². The summed E-state index contributed by atoms with van der Waals surface area (Å²) in [6, 6.07) is 1.68. The first-order valence-corrected chi connectivity index (χ1v) is 5.62. The van der Waals surface area contributed by atoms with Gasteiger partial charge in [0.2, 0.25) is 0 Å². The number of nitro groups is 1. The number of nitrogens with zero attached hydrogens (tertiary/aromatic N) is 3. The molecule has 0 aliphatic carbocycles. The Balaban J connectivity index is 2.30. The summed E-state index contributed by atoms with van der Waals surface area (Å²) in [6.45, 7) is 3.42. The summed E-state index contributed by atoms with van der Waals surface area (Å²) in [4.78, 5) is 16.3. The van der Waals surface area contributed by atoms with Gasteiger partial charge in [-0.15, -0.1) is 0 Å². The molecule has 0 bridgehead atoms. The predicted molar refractivity (Wildman–Crippen MR) is 64.9 cm³/mol. The molecule has 1 aromatic rings. The maximum Gasteiger partial charge on any atom is 0.310 e. The van der Waals surface area contributed by atoms with Gasteiger partial charge in [-0.25, -0.2) is 0 Å². The van der Waals surface area contributed by atoms with Gasteiger partial charge in [0.15, 0.2) is 0 Å². The largest absolute Gasteiger partial charge is 0.364 e. The molecule has 2 rings (SSSR count). The number of aromatic nitrogens is 1. The first kappa shape index (κ1) is 11.8. The van der Waals surface area contributed by atoms with E-state index in [9.17, 15) is 10.1 Å². The third-order valence-electron chi connectivity index (χ3n) is 3.04. The number of piperidine rings is 1. The monoisotopic (exact) mass is 236 g/mol. The maximum atomic E-state index is 10.9. The summed E-state index contributed by atoms with van der Waals surface area (Å²) < 4.78 is 0. The first-order valence-electron chi connectivity index (χ1n) is 5.62. The van der Waals surface area contributed by atoms with Crippen molar-refractivity contribution < 1.29 is 4.92 Å². The Hall–Kier alpha value is -1.69. The van der Waals surface area contributed by atoms with Gasteiger partial charge in [-0.1, -0.05) is 0 Å². The lowest BCUT2D eigenvalue weighted by molar-refractivity contribution is -0.384. The van der Waals surface area contributed by atoms with Crippen LogP contribution in [0.4, 0.5) is 11.4 Å². The molecular formula is C11H16N4O2. The zero-order valence-electron chi connectivity index (χ0n) is 9.80. The normalized spacial score (nSPS) is 24.7. The van der Waals surface area contributed by atoms with Crippen LogP contribution < -0.4 is 10.6 Å². The molecule has 0 radical (unpaired) electrons. The molecule has 92 valence electrons. The van der Waals surface area contributed by atoms with Crippen molar-refractivity contribution in [3.63, 3.8) is 0 Å². The van der Waals surface area contributed by atoms with Gasteiger partial charge in [0, 0.05) is 24.8 Å². The van der Waals surface area contributed by atoms with Crippen LogP contribution in [0.5, 0.6) is 0 Å². The van der Waals surface area contributed by atoms with Crippen molar-refractivity contribution in [1.29, 1.82) is 0 Å². The Morgan fingerprint density at radius 3 is 3.06 bits per heavy atom. The fourth-order valence-corrected chi connectivity index (χ4v) is 2.26. The Morgan fingerprint density at radius 1 is 1.65 bits per heavy atom. The second-order valence-corrected chi connectivity index (χ2v) is 4.80. The zero-order chi connectivity index (χ0) is 12.5. The van der Waals surface area contributed by atoms with Crippen molar-refractivity contribution in [2.45, 2.75) is 25.3 Å². The molecule has 1 aliphatic rings. The fraction of sp³-hybridized carbons (Fsp3) is 0.545. The highest BCUT2D eigenvalue weighted by Gasteiger charge is 2.30. The molecule has 6 nitrogen and oxygen atoms in total. The van der Waals surface area contributed by atoms with Gasteiger partial charge in [-0.3, -0.25) is 15.1 Å². The quantitative estimate of drug-likeness (QED) is 0.618. The van der Waals surface area contributed by atoms with E-state index in [0.717, 1.165) is 19.4 Å². The Kier molecular flexibility index (Phi) is 2.97. The van der Waals surface area contributed by atoms with Crippen molar-refractivity contribution in [3.05, 3.63) is 28.6 Å². The molecule has 1 aromatic heterocycles. The van der Waals surface area contributed by atoms with Gasteiger partial charge in [0.25, 0.3) is 0 Å². The minimum atomic E-state index is -0.398. The molecule has 17 heavy (non-hydrogen) atoms. The Labute approximate surface area is 99.6 Å². The van der Waals surface area contributed by atoms with E-state index in [0.29, 0.717) is 12.2 Å². The van der Waals surface area contributed by atoms with Gasteiger partial charge in [0.05, 0.1) is 4.92 Å². The number of rotatable bonds is 2. The maximum absolute atomic E-state index is 10.9. The number of hydrogen-bond acceptors (Lipinski definition) is 5. The van der Waals surface area contributed by atoms with Crippen LogP contribution >= 0.6 is 0 Å². The molecule has 1 aliphatic heterocycles. The van der Waals surface area contributed by atoms with Crippen molar-refractivity contribution >= 4 is 11.4 Å². The lowest BCUT2D eigenvalue weighted by atomic mass is 9.92. The summed E-state index contributed by atoms with van der Waals surface area (Å²) in [5.74, 6) is 0. The van der Waals surface area contributed by atoms with E-state index in [-0.39, 0.29) is 11.2 Å². The summed E-state index contributed by atoms with van der Waals surface area (Å²) >= 11 is 0. The van der Waals surface area contributed by atoms with Gasteiger partial charge >= 0.3 is 5.69 Å². The fourth-order valence-electron chi connectivity index (χ4n) is 2.26. The van der Waals surface area contributed by atoms with E-state index < -0.39 is 4.92 Å². The predicted octanol–water partition coefficient (Wildman–Crippen LogP) is 1.31. The van der Waals surface area contributed by atoms with Crippen LogP contribution in [0.2, 0.25) is 0 Å². The summed E-state index contributed by atoms with van der Waals surface area (Å²) in [7, 11) is 0. The molecule has 2 N–H and O–H groups in total. The van der Waals surface area contributed by atoms with E-state index in [4.69, 9.17) is 5.73 Å². The minimum Gasteiger partial charge on any atom is -0.364 e. The molecule has 1 saturated heterocycles. The molecular weight excluding hydrogens is 220 g/mol. The second kappa shape index (κ2) is 4.29. The lowest BCUT2D eigenvalue weighted by Crippen LogP contribution is -2.52. The van der Waals surface area contributed by atoms with Crippen LogP contribution in [0.15, 0.2) is 18.5 Å². The van der Waals surface area contributed by atoms with Crippen LogP contribution in [0, 0.1) is 10.1 Å². The molecule has 2 heterocycles. The van der Waals surface area contributed by atoms with Gasteiger partial charge in [0.1, 0.15) is 11.9 Å². The topological polar surface area (TPSA) is 85.3 Å². The molecule has 0 aromatic carbocycles. The minimum absolute atomic E-state index is 0.0465. The molecule has 0 saturated carbocycles. The van der Waals surface area contributed by atoms with Gasteiger partial charge in [-0.2, -0.15) is 0 Å². The van der Waals surface area contributed by atoms with E-state index >= 15 is 0 Å². The van der Waals surface area contributed by atoms with Crippen LogP contribution in [-0.2, 0) is 0 Å². The lowest BCUT2D eigenvalue weighted by Gasteiger charge is -2.38. The number of nitrogens with two attached hydrogens (primary N) is 1. The Bertz CT molecular complexity index is 433. The summed E-state index contributed by atoms with van der Waals surface area (Å²) in [5.41, 5.74) is 6.48. The van der Waals surface area contributed by atoms with Crippen molar-refractivity contribution in [1.82, 2.24) is 4.98 Å². The summed E-state index contributed by atoms with van der Waals surface area (Å²) in [5, 5.41) is 10.9. The highest BCUT2D eigenvalue weighted by atomic mass is 16.6. The van der Waals surface area contributed by atoms with E-state index in [1.54, 1.807) is 12.3 Å². The number of hydrogen-bond donors (Lipinski definition) is 1. The SMILES string of the molecule is CC1(N)CCCN(c2ccncc2[N+](=O)[O-])C1. The van der Waals surface area contributed by atoms with Crippen molar-refractivity contribution in [3.8, 4) is 0 Å². The third-order valence-corrected chi connectivity index (χ3v) is 3.04. The number of anilines is 1. The molecule has 6 heteroatoms. The third kappa shape index (κ3) is 2.52. The zero-order valence-corrected chi connectivity index (χ0v) is 9.80. The van der Waals surface area contributed by atoms with Crippen LogP contribution in [-0.4, -0.2) is 28.5 Å². The highest BCUT2D eigenvalue weighted by molar-refractivity contribution is 5.62. The Morgan fingerprint density at radius 2 is 2.41 bits per heavy atom. The van der Waals surface area contributed by atoms with Crippen LogP contribution in [0.25, 0.3) is 0 Å². The summed E-state index contributed by atoms with van der Waals surface area (Å²) in [6.07, 6.45) is 4.76. The molecule has 0 amide bonds. The van der Waals surface area contributed by atoms with E-state index in [1.165, 1.54) is 6.20 Å². The van der Waals surface area contributed by atoms with Gasteiger partial charge in [-0.05, 0) is 25.8 Å². The van der Waals surface area contributed by atoms with E-state index in [1.807, 2.05) is 11.8 Å². The molecule has 1 unspecified atom stereocenters. The first-order chi connectivity index (χ1) is 7.99. The average Bonchev–Trinajstić information content (AvgIpc) is 2.27. The average molecular weight is 236 g/mol. The standard InChI is InChI=1S/C11H16N4O2/c1-11(12)4-2-6-14(8-11)9-3-5-13-7-10(9)15(16)17/h3,5,7H,2,4,6,8,12H2,1H3. The second-order valence-electron chi connectivity index (χ2n) is 4.80. The van der Waals surface area contributed by atoms with Crippen molar-refractivity contribution in [2.75, 3.05) is 18.0 Å². The van der Waals surface area contributed by atoms with Gasteiger partial charge < -0.3 is 10.6 Å². The molecule has 1 fully saturated rings. The molecule has 0 spiro atoms. The van der Waals surface area contributed by atoms with Crippen molar-refractivity contribution in [2.24, 2.45) is 5.73 Å². The van der Waals surface area contributed by atoms with Crippen LogP contribution in [0.3, 0.4) is 0 Å². The smallest absolute Gasteiger partial charge is 0.310 e.